The van der Waals surface area contributed by atoms with Crippen LogP contribution in [0.1, 0.15) is 41.2 Å². The Morgan fingerprint density at radius 2 is 1.81 bits per heavy atom. The normalized spacial score (nSPS) is 18.9. The van der Waals surface area contributed by atoms with E-state index in [1.165, 1.54) is 18.4 Å². The molecule has 2 aliphatic rings. The number of rotatable bonds is 5. The standard InChI is InChI=1S/C30H32ClN5O/c31-24-8-5-9-25(19-24)33-15-17-34(18-16-33)30(37)27-21-36(29-12-2-1-10-26(27)29)22-35-14-4-3-11-28(35)23-7-6-13-32-20-23/h1-2,5-10,12-13,19-21,28H,3-4,11,14-18,22H2/t28-/m0/s1. The van der Waals surface area contributed by atoms with Crippen LogP contribution in [0.25, 0.3) is 10.9 Å². The highest BCUT2D eigenvalue weighted by molar-refractivity contribution is 6.30. The van der Waals surface area contributed by atoms with Crippen LogP contribution in [-0.2, 0) is 6.67 Å². The second-order valence-corrected chi connectivity index (χ2v) is 10.5. The van der Waals surface area contributed by atoms with E-state index in [2.05, 4.69) is 55.9 Å². The highest BCUT2D eigenvalue weighted by Gasteiger charge is 2.28. The Bertz CT molecular complexity index is 1380. The Kier molecular flexibility index (Phi) is 6.85. The average Bonchev–Trinajstić information content (AvgIpc) is 3.32. The third kappa shape index (κ3) is 4.96. The molecule has 6 nitrogen and oxygen atoms in total. The molecule has 7 heteroatoms. The molecule has 37 heavy (non-hydrogen) atoms. The smallest absolute Gasteiger partial charge is 0.256 e. The van der Waals surface area contributed by atoms with Crippen LogP contribution in [0.3, 0.4) is 0 Å². The number of para-hydroxylation sites is 1. The fourth-order valence-corrected chi connectivity index (χ4v) is 6.04. The SMILES string of the molecule is O=C(c1cn(CN2CCCC[C@H]2c2cccnc2)c2ccccc12)N1CCN(c2cccc(Cl)c2)CC1. The summed E-state index contributed by atoms with van der Waals surface area (Å²) < 4.78 is 2.26. The molecule has 1 atom stereocenters. The molecule has 2 fully saturated rings. The number of amides is 1. The van der Waals surface area contributed by atoms with E-state index in [0.29, 0.717) is 19.1 Å². The summed E-state index contributed by atoms with van der Waals surface area (Å²) in [5, 5.41) is 1.77. The maximum absolute atomic E-state index is 13.8. The summed E-state index contributed by atoms with van der Waals surface area (Å²) in [6.45, 7) is 4.79. The minimum Gasteiger partial charge on any atom is -0.368 e. The number of halogens is 1. The average molecular weight is 514 g/mol. The Hall–Kier alpha value is -3.35. The maximum Gasteiger partial charge on any atom is 0.256 e. The van der Waals surface area contributed by atoms with Crippen molar-refractivity contribution in [3.8, 4) is 0 Å². The van der Waals surface area contributed by atoms with E-state index in [1.807, 2.05) is 47.6 Å². The predicted octanol–water partition coefficient (Wildman–Crippen LogP) is 5.84. The highest BCUT2D eigenvalue weighted by atomic mass is 35.5. The van der Waals surface area contributed by atoms with Crippen molar-refractivity contribution in [2.75, 3.05) is 37.6 Å². The van der Waals surface area contributed by atoms with Crippen LogP contribution >= 0.6 is 11.6 Å². The molecule has 0 saturated carbocycles. The lowest BCUT2D eigenvalue weighted by Crippen LogP contribution is -2.48. The van der Waals surface area contributed by atoms with Crippen LogP contribution < -0.4 is 4.90 Å². The van der Waals surface area contributed by atoms with Crippen molar-refractivity contribution in [2.24, 2.45) is 0 Å². The van der Waals surface area contributed by atoms with E-state index in [4.69, 9.17) is 11.6 Å². The van der Waals surface area contributed by atoms with E-state index in [1.54, 1.807) is 0 Å². The molecule has 0 radical (unpaired) electrons. The lowest BCUT2D eigenvalue weighted by Gasteiger charge is -2.36. The van der Waals surface area contributed by atoms with Gasteiger partial charge in [0.15, 0.2) is 0 Å². The van der Waals surface area contributed by atoms with Gasteiger partial charge in [-0.05, 0) is 48.7 Å². The molecule has 4 heterocycles. The number of piperidine rings is 1. The van der Waals surface area contributed by atoms with E-state index in [-0.39, 0.29) is 5.91 Å². The number of hydrogen-bond acceptors (Lipinski definition) is 4. The molecule has 2 aliphatic heterocycles. The molecule has 0 bridgehead atoms. The second kappa shape index (κ2) is 10.6. The van der Waals surface area contributed by atoms with E-state index < -0.39 is 0 Å². The molecule has 190 valence electrons. The van der Waals surface area contributed by atoms with Gasteiger partial charge in [0.1, 0.15) is 0 Å². The molecule has 4 aromatic rings. The molecule has 2 aromatic carbocycles. The lowest BCUT2D eigenvalue weighted by atomic mass is 9.97. The van der Waals surface area contributed by atoms with Crippen LogP contribution in [0.15, 0.2) is 79.3 Å². The summed E-state index contributed by atoms with van der Waals surface area (Å²) in [5.41, 5.74) is 4.29. The van der Waals surface area contributed by atoms with Crippen molar-refractivity contribution in [1.82, 2.24) is 19.4 Å². The van der Waals surface area contributed by atoms with Crippen LogP contribution in [0.5, 0.6) is 0 Å². The number of hydrogen-bond donors (Lipinski definition) is 0. The van der Waals surface area contributed by atoms with Crippen LogP contribution in [0, 0.1) is 0 Å². The monoisotopic (exact) mass is 513 g/mol. The Labute approximate surface area is 223 Å². The van der Waals surface area contributed by atoms with Crippen LogP contribution in [-0.4, -0.2) is 58.0 Å². The van der Waals surface area contributed by atoms with Crippen LogP contribution in [0.2, 0.25) is 5.02 Å². The highest BCUT2D eigenvalue weighted by Crippen LogP contribution is 2.32. The molecule has 0 spiro atoms. The number of fused-ring (bicyclic) bond motifs is 1. The Morgan fingerprint density at radius 1 is 0.946 bits per heavy atom. The van der Waals surface area contributed by atoms with Crippen molar-refractivity contribution in [3.63, 3.8) is 0 Å². The van der Waals surface area contributed by atoms with Gasteiger partial charge in [0.25, 0.3) is 5.91 Å². The maximum atomic E-state index is 13.8. The number of pyridine rings is 1. The van der Waals surface area contributed by atoms with Crippen molar-refractivity contribution in [1.29, 1.82) is 0 Å². The fraction of sp³-hybridized carbons (Fsp3) is 0.333. The minimum atomic E-state index is 0.114. The number of carbonyl (C=O) groups excluding carboxylic acids is 1. The van der Waals surface area contributed by atoms with Gasteiger partial charge in [-0.15, -0.1) is 0 Å². The number of carbonyl (C=O) groups is 1. The molecule has 0 N–H and O–H groups in total. The zero-order chi connectivity index (χ0) is 25.2. The first-order valence-electron chi connectivity index (χ1n) is 13.2. The first kappa shape index (κ1) is 24.0. The third-order valence-corrected chi connectivity index (χ3v) is 8.01. The number of nitrogens with zero attached hydrogens (tertiary/aromatic N) is 5. The van der Waals surface area contributed by atoms with Crippen molar-refractivity contribution >= 4 is 34.1 Å². The summed E-state index contributed by atoms with van der Waals surface area (Å²) in [6, 6.07) is 20.8. The summed E-state index contributed by atoms with van der Waals surface area (Å²) in [5.74, 6) is 0.114. The summed E-state index contributed by atoms with van der Waals surface area (Å²) in [7, 11) is 0. The van der Waals surface area contributed by atoms with Gasteiger partial charge in [-0.25, -0.2) is 0 Å². The fourth-order valence-electron chi connectivity index (χ4n) is 5.85. The Balaban J connectivity index is 1.22. The lowest BCUT2D eigenvalue weighted by molar-refractivity contribution is 0.0747. The molecule has 6 rings (SSSR count). The molecular weight excluding hydrogens is 482 g/mol. The first-order valence-corrected chi connectivity index (χ1v) is 13.6. The largest absolute Gasteiger partial charge is 0.368 e. The molecule has 2 saturated heterocycles. The summed E-state index contributed by atoms with van der Waals surface area (Å²) in [6.07, 6.45) is 9.46. The number of likely N-dealkylation sites (tertiary alicyclic amines) is 1. The summed E-state index contributed by atoms with van der Waals surface area (Å²) in [4.78, 5) is 24.9. The van der Waals surface area contributed by atoms with Gasteiger partial charge >= 0.3 is 0 Å². The topological polar surface area (TPSA) is 44.6 Å². The van der Waals surface area contributed by atoms with Crippen molar-refractivity contribution in [3.05, 3.63) is 95.4 Å². The molecule has 2 aromatic heterocycles. The zero-order valence-corrected chi connectivity index (χ0v) is 21.7. The summed E-state index contributed by atoms with van der Waals surface area (Å²) >= 11 is 6.19. The Morgan fingerprint density at radius 3 is 2.62 bits per heavy atom. The quantitative estimate of drug-likeness (QED) is 0.336. The van der Waals surface area contributed by atoms with Gasteiger partial charge in [-0.1, -0.05) is 48.4 Å². The van der Waals surface area contributed by atoms with Gasteiger partial charge in [0, 0.05) is 79.0 Å². The van der Waals surface area contributed by atoms with E-state index >= 15 is 0 Å². The van der Waals surface area contributed by atoms with Gasteiger partial charge in [0.2, 0.25) is 0 Å². The molecule has 1 amide bonds. The van der Waals surface area contributed by atoms with Gasteiger partial charge in [-0.2, -0.15) is 0 Å². The van der Waals surface area contributed by atoms with Gasteiger partial charge in [-0.3, -0.25) is 14.7 Å². The van der Waals surface area contributed by atoms with Crippen molar-refractivity contribution in [2.45, 2.75) is 32.0 Å². The molecule has 0 aliphatic carbocycles. The van der Waals surface area contributed by atoms with Gasteiger partial charge in [0.05, 0.1) is 12.2 Å². The van der Waals surface area contributed by atoms with Crippen LogP contribution in [0.4, 0.5) is 5.69 Å². The number of piperazine rings is 1. The first-order chi connectivity index (χ1) is 18.2. The van der Waals surface area contributed by atoms with Gasteiger partial charge < -0.3 is 14.4 Å². The number of benzene rings is 2. The predicted molar refractivity (Wildman–Crippen MR) is 149 cm³/mol. The molecular formula is C30H32ClN5O. The molecule has 0 unspecified atom stereocenters. The second-order valence-electron chi connectivity index (χ2n) is 10.0. The minimum absolute atomic E-state index is 0.114. The zero-order valence-electron chi connectivity index (χ0n) is 21.0. The number of aromatic nitrogens is 2. The number of anilines is 1. The van der Waals surface area contributed by atoms with Crippen molar-refractivity contribution < 1.29 is 4.79 Å². The van der Waals surface area contributed by atoms with E-state index in [9.17, 15) is 4.79 Å². The van der Waals surface area contributed by atoms with E-state index in [0.717, 1.165) is 59.9 Å². The third-order valence-electron chi connectivity index (χ3n) is 7.78.